The molecule has 0 radical (unpaired) electrons. The Morgan fingerprint density at radius 1 is 1.33 bits per heavy atom. The van der Waals surface area contributed by atoms with E-state index in [0.29, 0.717) is 25.6 Å². The number of imide groups is 1. The van der Waals surface area contributed by atoms with Gasteiger partial charge in [-0.25, -0.2) is 4.79 Å². The van der Waals surface area contributed by atoms with Crippen molar-refractivity contribution in [2.45, 2.75) is 27.2 Å². The quantitative estimate of drug-likeness (QED) is 0.578. The third-order valence-corrected chi connectivity index (χ3v) is 2.52. The van der Waals surface area contributed by atoms with E-state index in [1.54, 1.807) is 0 Å². The zero-order chi connectivity index (χ0) is 14.0. The molecule has 0 aliphatic heterocycles. The average molecular weight is 258 g/mol. The standard InChI is InChI=1S/C12H26N4O2/c1-4-16(8-6-13)9-11(17)15-12(18)14-7-5-10(2)3/h10H,4-9,13H2,1-3H3,(H2,14,15,17,18). The number of hydrogen-bond acceptors (Lipinski definition) is 4. The summed E-state index contributed by atoms with van der Waals surface area (Å²) in [6.07, 6.45) is 0.899. The minimum atomic E-state index is -0.426. The van der Waals surface area contributed by atoms with Crippen molar-refractivity contribution >= 4 is 11.9 Å². The van der Waals surface area contributed by atoms with Crippen LogP contribution in [0.5, 0.6) is 0 Å². The van der Waals surface area contributed by atoms with Gasteiger partial charge >= 0.3 is 6.03 Å². The van der Waals surface area contributed by atoms with Crippen LogP contribution in [-0.2, 0) is 4.79 Å². The highest BCUT2D eigenvalue weighted by molar-refractivity contribution is 5.95. The van der Waals surface area contributed by atoms with Crippen LogP contribution in [0.25, 0.3) is 0 Å². The summed E-state index contributed by atoms with van der Waals surface area (Å²) < 4.78 is 0. The molecule has 0 rings (SSSR count). The zero-order valence-electron chi connectivity index (χ0n) is 11.7. The summed E-state index contributed by atoms with van der Waals surface area (Å²) in [4.78, 5) is 24.8. The highest BCUT2D eigenvalue weighted by Crippen LogP contribution is 1.95. The predicted octanol–water partition coefficient (Wildman–Crippen LogP) is 0.139. The van der Waals surface area contributed by atoms with Crippen LogP contribution in [0.1, 0.15) is 27.2 Å². The summed E-state index contributed by atoms with van der Waals surface area (Å²) in [5.41, 5.74) is 5.42. The van der Waals surface area contributed by atoms with Crippen LogP contribution >= 0.6 is 0 Å². The maximum Gasteiger partial charge on any atom is 0.321 e. The molecule has 0 aliphatic rings. The minimum absolute atomic E-state index is 0.200. The molecule has 0 spiro atoms. The molecule has 0 fully saturated rings. The van der Waals surface area contributed by atoms with E-state index in [2.05, 4.69) is 24.5 Å². The van der Waals surface area contributed by atoms with Crippen LogP contribution < -0.4 is 16.4 Å². The molecule has 0 aromatic rings. The average Bonchev–Trinajstić information content (AvgIpc) is 2.27. The summed E-state index contributed by atoms with van der Waals surface area (Å²) >= 11 is 0. The number of amides is 3. The molecule has 0 saturated carbocycles. The molecular weight excluding hydrogens is 232 g/mol. The van der Waals surface area contributed by atoms with Gasteiger partial charge in [0.05, 0.1) is 6.54 Å². The van der Waals surface area contributed by atoms with Crippen molar-refractivity contribution in [1.29, 1.82) is 0 Å². The smallest absolute Gasteiger partial charge is 0.321 e. The highest BCUT2D eigenvalue weighted by atomic mass is 16.2. The fraction of sp³-hybridized carbons (Fsp3) is 0.833. The maximum absolute atomic E-state index is 11.5. The summed E-state index contributed by atoms with van der Waals surface area (Å²) in [6, 6.07) is -0.426. The number of hydrogen-bond donors (Lipinski definition) is 3. The van der Waals surface area contributed by atoms with Gasteiger partial charge < -0.3 is 11.1 Å². The predicted molar refractivity (Wildman–Crippen MR) is 72.2 cm³/mol. The van der Waals surface area contributed by atoms with Crippen molar-refractivity contribution in [3.8, 4) is 0 Å². The molecule has 0 aromatic carbocycles. The molecule has 0 aromatic heterocycles. The van der Waals surface area contributed by atoms with Crippen LogP contribution in [0.2, 0.25) is 0 Å². The van der Waals surface area contributed by atoms with E-state index in [1.807, 2.05) is 11.8 Å². The molecule has 4 N–H and O–H groups in total. The first-order valence-corrected chi connectivity index (χ1v) is 6.49. The van der Waals surface area contributed by atoms with Crippen molar-refractivity contribution in [3.05, 3.63) is 0 Å². The Kier molecular flexibility index (Phi) is 9.22. The lowest BCUT2D eigenvalue weighted by molar-refractivity contribution is -0.121. The van der Waals surface area contributed by atoms with E-state index in [9.17, 15) is 9.59 Å². The van der Waals surface area contributed by atoms with E-state index >= 15 is 0 Å². The molecule has 6 heteroatoms. The van der Waals surface area contributed by atoms with Crippen molar-refractivity contribution in [2.24, 2.45) is 11.7 Å². The molecule has 0 unspecified atom stereocenters. The fourth-order valence-corrected chi connectivity index (χ4v) is 1.42. The molecule has 0 atom stereocenters. The molecular formula is C12H26N4O2. The SMILES string of the molecule is CCN(CCN)CC(=O)NC(=O)NCCC(C)C. The number of carbonyl (C=O) groups excluding carboxylic acids is 2. The van der Waals surface area contributed by atoms with Crippen LogP contribution in [0.15, 0.2) is 0 Å². The van der Waals surface area contributed by atoms with Gasteiger partial charge in [0.2, 0.25) is 5.91 Å². The van der Waals surface area contributed by atoms with E-state index in [4.69, 9.17) is 5.73 Å². The number of urea groups is 1. The number of nitrogens with zero attached hydrogens (tertiary/aromatic N) is 1. The fourth-order valence-electron chi connectivity index (χ4n) is 1.42. The molecule has 6 nitrogen and oxygen atoms in total. The van der Waals surface area contributed by atoms with Crippen molar-refractivity contribution in [1.82, 2.24) is 15.5 Å². The van der Waals surface area contributed by atoms with Gasteiger partial charge in [0.1, 0.15) is 0 Å². The van der Waals surface area contributed by atoms with Crippen LogP contribution in [0.3, 0.4) is 0 Å². The van der Waals surface area contributed by atoms with Crippen molar-refractivity contribution in [3.63, 3.8) is 0 Å². The Morgan fingerprint density at radius 2 is 2.00 bits per heavy atom. The van der Waals surface area contributed by atoms with E-state index in [-0.39, 0.29) is 12.5 Å². The monoisotopic (exact) mass is 258 g/mol. The minimum Gasteiger partial charge on any atom is -0.338 e. The highest BCUT2D eigenvalue weighted by Gasteiger charge is 2.11. The van der Waals surface area contributed by atoms with Gasteiger partial charge in [-0.3, -0.25) is 15.0 Å². The first-order valence-electron chi connectivity index (χ1n) is 6.49. The Balaban J connectivity index is 3.82. The lowest BCUT2D eigenvalue weighted by Gasteiger charge is -2.18. The Bertz CT molecular complexity index is 256. The third kappa shape index (κ3) is 8.95. The van der Waals surface area contributed by atoms with Gasteiger partial charge in [-0.1, -0.05) is 20.8 Å². The van der Waals surface area contributed by atoms with Crippen LogP contribution in [0, 0.1) is 5.92 Å². The number of nitrogens with two attached hydrogens (primary N) is 1. The summed E-state index contributed by atoms with van der Waals surface area (Å²) in [6.45, 7) is 8.78. The molecule has 0 heterocycles. The molecule has 3 amide bonds. The van der Waals surface area contributed by atoms with E-state index in [1.165, 1.54) is 0 Å². The number of likely N-dealkylation sites (N-methyl/N-ethyl adjacent to an activating group) is 1. The van der Waals surface area contributed by atoms with Crippen LogP contribution in [0.4, 0.5) is 4.79 Å². The third-order valence-electron chi connectivity index (χ3n) is 2.52. The van der Waals surface area contributed by atoms with Gasteiger partial charge in [0, 0.05) is 19.6 Å². The van der Waals surface area contributed by atoms with Crippen LogP contribution in [-0.4, -0.2) is 49.6 Å². The van der Waals surface area contributed by atoms with Gasteiger partial charge in [-0.05, 0) is 18.9 Å². The zero-order valence-corrected chi connectivity index (χ0v) is 11.7. The van der Waals surface area contributed by atoms with E-state index < -0.39 is 6.03 Å². The largest absolute Gasteiger partial charge is 0.338 e. The summed E-state index contributed by atoms with van der Waals surface area (Å²) in [5, 5.41) is 4.96. The van der Waals surface area contributed by atoms with Gasteiger partial charge in [0.15, 0.2) is 0 Å². The Labute approximate surface area is 109 Å². The molecule has 18 heavy (non-hydrogen) atoms. The molecule has 0 aliphatic carbocycles. The van der Waals surface area contributed by atoms with E-state index in [0.717, 1.165) is 13.0 Å². The molecule has 0 saturated heterocycles. The van der Waals surface area contributed by atoms with Gasteiger partial charge in [-0.15, -0.1) is 0 Å². The van der Waals surface area contributed by atoms with Crippen molar-refractivity contribution < 1.29 is 9.59 Å². The maximum atomic E-state index is 11.5. The van der Waals surface area contributed by atoms with Crippen molar-refractivity contribution in [2.75, 3.05) is 32.7 Å². The first kappa shape index (κ1) is 16.9. The summed E-state index contributed by atoms with van der Waals surface area (Å²) in [7, 11) is 0. The topological polar surface area (TPSA) is 87.5 Å². The number of rotatable bonds is 8. The van der Waals surface area contributed by atoms with Gasteiger partial charge in [0.25, 0.3) is 0 Å². The number of nitrogens with one attached hydrogen (secondary N) is 2. The summed E-state index contributed by atoms with van der Waals surface area (Å²) in [5.74, 6) is 0.230. The first-order chi connectivity index (χ1) is 8.49. The Hall–Kier alpha value is -1.14. The second kappa shape index (κ2) is 9.85. The lowest BCUT2D eigenvalue weighted by Crippen LogP contribution is -2.45. The molecule has 0 bridgehead atoms. The van der Waals surface area contributed by atoms with Gasteiger partial charge in [-0.2, -0.15) is 0 Å². The lowest BCUT2D eigenvalue weighted by atomic mass is 10.1. The molecule has 106 valence electrons. The normalized spacial score (nSPS) is 10.8. The Morgan fingerprint density at radius 3 is 2.50 bits per heavy atom. The second-order valence-corrected chi connectivity index (χ2v) is 4.64. The number of carbonyl (C=O) groups is 2. The second-order valence-electron chi connectivity index (χ2n) is 4.64.